The van der Waals surface area contributed by atoms with Crippen LogP contribution in [-0.4, -0.2) is 39.9 Å². The maximum Gasteiger partial charge on any atom is 0.343 e. The lowest BCUT2D eigenvalue weighted by Crippen LogP contribution is -2.10. The molecule has 0 unspecified atom stereocenters. The van der Waals surface area contributed by atoms with Gasteiger partial charge in [-0.25, -0.2) is 4.79 Å². The standard InChI is InChI=1S/C27H22O9/c1-14-18(36-27(29)16-11-22(30-2)26(32-4)23(12-16)31-3)8-6-17-24(28)21(35-25(14)17)10-15-5-7-19-20(9-15)34-13-33-19/h5-12H,13H2,1-4H3. The second-order valence-electron chi connectivity index (χ2n) is 7.92. The highest BCUT2D eigenvalue weighted by Crippen LogP contribution is 2.41. The highest BCUT2D eigenvalue weighted by molar-refractivity contribution is 6.15. The summed E-state index contributed by atoms with van der Waals surface area (Å²) in [7, 11) is 4.39. The molecule has 2 heterocycles. The van der Waals surface area contributed by atoms with Crippen molar-refractivity contribution in [2.45, 2.75) is 6.92 Å². The zero-order chi connectivity index (χ0) is 25.4. The van der Waals surface area contributed by atoms with Gasteiger partial charge in [0.15, 0.2) is 28.8 Å². The Kier molecular flexibility index (Phi) is 5.89. The number of rotatable bonds is 6. The quantitative estimate of drug-likeness (QED) is 0.279. The highest BCUT2D eigenvalue weighted by atomic mass is 16.7. The summed E-state index contributed by atoms with van der Waals surface area (Å²) in [6.45, 7) is 1.88. The van der Waals surface area contributed by atoms with E-state index in [0.717, 1.165) is 5.56 Å². The van der Waals surface area contributed by atoms with Crippen LogP contribution in [-0.2, 0) is 0 Å². The van der Waals surface area contributed by atoms with Crippen molar-refractivity contribution in [1.82, 2.24) is 0 Å². The van der Waals surface area contributed by atoms with Crippen molar-refractivity contribution in [3.05, 3.63) is 70.5 Å². The predicted molar refractivity (Wildman–Crippen MR) is 128 cm³/mol. The Bertz CT molecular complexity index is 1400. The van der Waals surface area contributed by atoms with E-state index in [4.69, 9.17) is 33.2 Å². The Labute approximate surface area is 206 Å². The topological polar surface area (TPSA) is 98.8 Å². The lowest BCUT2D eigenvalue weighted by atomic mass is 10.1. The second-order valence-corrected chi connectivity index (χ2v) is 7.92. The van der Waals surface area contributed by atoms with E-state index >= 15 is 0 Å². The molecule has 0 aromatic heterocycles. The van der Waals surface area contributed by atoms with Crippen LogP contribution in [0.1, 0.15) is 31.8 Å². The van der Waals surface area contributed by atoms with Crippen LogP contribution in [0.5, 0.6) is 40.2 Å². The summed E-state index contributed by atoms with van der Waals surface area (Å²) in [6.07, 6.45) is 1.63. The first-order valence-corrected chi connectivity index (χ1v) is 10.9. The van der Waals surface area contributed by atoms with E-state index in [-0.39, 0.29) is 29.6 Å². The Balaban J connectivity index is 1.41. The normalized spacial score (nSPS) is 14.3. The van der Waals surface area contributed by atoms with Gasteiger partial charge in [0.25, 0.3) is 0 Å². The molecule has 0 spiro atoms. The molecule has 0 atom stereocenters. The third-order valence-corrected chi connectivity index (χ3v) is 5.83. The van der Waals surface area contributed by atoms with E-state index in [1.165, 1.54) is 33.5 Å². The van der Waals surface area contributed by atoms with Gasteiger partial charge in [-0.05, 0) is 55.0 Å². The minimum atomic E-state index is -0.641. The van der Waals surface area contributed by atoms with Gasteiger partial charge in [0, 0.05) is 5.56 Å². The Hall–Kier alpha value is -4.66. The monoisotopic (exact) mass is 490 g/mol. The van der Waals surface area contributed by atoms with Gasteiger partial charge in [-0.2, -0.15) is 0 Å². The number of esters is 1. The molecular weight excluding hydrogens is 468 g/mol. The molecule has 5 rings (SSSR count). The predicted octanol–water partition coefficient (Wildman–Crippen LogP) is 4.58. The Morgan fingerprint density at radius 2 is 1.61 bits per heavy atom. The maximum atomic E-state index is 12.9. The molecule has 2 aliphatic heterocycles. The fourth-order valence-corrected chi connectivity index (χ4v) is 3.99. The Morgan fingerprint density at radius 3 is 2.31 bits per heavy atom. The van der Waals surface area contributed by atoms with Gasteiger partial charge in [0.1, 0.15) is 11.5 Å². The van der Waals surface area contributed by atoms with Crippen LogP contribution in [0.15, 0.2) is 48.2 Å². The zero-order valence-electron chi connectivity index (χ0n) is 20.0. The lowest BCUT2D eigenvalue weighted by molar-refractivity contribution is 0.0732. The SMILES string of the molecule is COc1cc(C(=O)Oc2ccc3c(c2C)OC(=Cc2ccc4c(c2)OCO4)C3=O)cc(OC)c1OC. The van der Waals surface area contributed by atoms with Gasteiger partial charge >= 0.3 is 5.97 Å². The molecule has 3 aromatic rings. The first kappa shape index (κ1) is 23.1. The van der Waals surface area contributed by atoms with Crippen molar-refractivity contribution in [1.29, 1.82) is 0 Å². The van der Waals surface area contributed by atoms with Crippen molar-refractivity contribution in [3.63, 3.8) is 0 Å². The number of hydrogen-bond donors (Lipinski definition) is 0. The van der Waals surface area contributed by atoms with Crippen LogP contribution >= 0.6 is 0 Å². The molecule has 3 aromatic carbocycles. The van der Waals surface area contributed by atoms with Gasteiger partial charge in [-0.15, -0.1) is 0 Å². The number of ether oxygens (including phenoxy) is 7. The van der Waals surface area contributed by atoms with Crippen molar-refractivity contribution in [2.24, 2.45) is 0 Å². The number of Topliss-reactive ketones (excluding diaryl/α,β-unsaturated/α-hetero) is 1. The number of fused-ring (bicyclic) bond motifs is 2. The third kappa shape index (κ3) is 3.94. The molecule has 0 amide bonds. The molecule has 0 fully saturated rings. The largest absolute Gasteiger partial charge is 0.493 e. The molecule has 36 heavy (non-hydrogen) atoms. The zero-order valence-corrected chi connectivity index (χ0v) is 20.0. The van der Waals surface area contributed by atoms with Crippen molar-refractivity contribution in [3.8, 4) is 40.2 Å². The van der Waals surface area contributed by atoms with E-state index in [9.17, 15) is 9.59 Å². The number of hydrogen-bond acceptors (Lipinski definition) is 9. The number of ketones is 1. The molecular formula is C27H22O9. The van der Waals surface area contributed by atoms with Crippen molar-refractivity contribution >= 4 is 17.8 Å². The van der Waals surface area contributed by atoms with Gasteiger partial charge in [-0.3, -0.25) is 4.79 Å². The van der Waals surface area contributed by atoms with Gasteiger partial charge in [0.05, 0.1) is 32.5 Å². The van der Waals surface area contributed by atoms with Crippen LogP contribution < -0.4 is 33.2 Å². The van der Waals surface area contributed by atoms with Gasteiger partial charge in [-0.1, -0.05) is 6.07 Å². The van der Waals surface area contributed by atoms with Crippen LogP contribution in [0.3, 0.4) is 0 Å². The molecule has 0 aliphatic carbocycles. The molecule has 184 valence electrons. The van der Waals surface area contributed by atoms with E-state index in [2.05, 4.69) is 0 Å². The fraction of sp³-hybridized carbons (Fsp3) is 0.185. The fourth-order valence-electron chi connectivity index (χ4n) is 3.99. The van der Waals surface area contributed by atoms with Crippen LogP contribution in [0.2, 0.25) is 0 Å². The van der Waals surface area contributed by atoms with E-state index in [1.807, 2.05) is 0 Å². The summed E-state index contributed by atoms with van der Waals surface area (Å²) in [6, 6.07) is 11.5. The first-order chi connectivity index (χ1) is 17.4. The van der Waals surface area contributed by atoms with Gasteiger partial charge < -0.3 is 33.2 Å². The third-order valence-electron chi connectivity index (χ3n) is 5.83. The molecule has 0 saturated heterocycles. The smallest absolute Gasteiger partial charge is 0.343 e. The molecule has 2 aliphatic rings. The van der Waals surface area contributed by atoms with E-state index in [0.29, 0.717) is 45.6 Å². The number of benzene rings is 3. The molecule has 0 radical (unpaired) electrons. The summed E-state index contributed by atoms with van der Waals surface area (Å²) < 4.78 is 38.2. The molecule has 0 N–H and O–H groups in total. The van der Waals surface area contributed by atoms with Gasteiger partial charge in [0.2, 0.25) is 18.3 Å². The highest BCUT2D eigenvalue weighted by Gasteiger charge is 2.31. The number of carbonyl (C=O) groups is 2. The average Bonchev–Trinajstić information content (AvgIpc) is 3.49. The average molecular weight is 490 g/mol. The van der Waals surface area contributed by atoms with Crippen LogP contribution in [0.25, 0.3) is 6.08 Å². The lowest BCUT2D eigenvalue weighted by Gasteiger charge is -2.14. The van der Waals surface area contributed by atoms with Crippen LogP contribution in [0, 0.1) is 6.92 Å². The maximum absolute atomic E-state index is 12.9. The number of carbonyl (C=O) groups excluding carboxylic acids is 2. The van der Waals surface area contributed by atoms with Crippen molar-refractivity contribution < 1.29 is 42.7 Å². The number of methoxy groups -OCH3 is 3. The summed E-state index contributed by atoms with van der Waals surface area (Å²) >= 11 is 0. The summed E-state index contributed by atoms with van der Waals surface area (Å²) in [5.41, 5.74) is 1.81. The summed E-state index contributed by atoms with van der Waals surface area (Å²) in [5, 5.41) is 0. The number of allylic oxidation sites excluding steroid dienone is 1. The molecule has 0 saturated carbocycles. The summed E-state index contributed by atoms with van der Waals surface area (Å²) in [4.78, 5) is 25.9. The first-order valence-electron chi connectivity index (χ1n) is 10.9. The summed E-state index contributed by atoms with van der Waals surface area (Å²) in [5.74, 6) is 2.08. The minimum Gasteiger partial charge on any atom is -0.493 e. The van der Waals surface area contributed by atoms with Crippen molar-refractivity contribution in [2.75, 3.05) is 28.1 Å². The van der Waals surface area contributed by atoms with E-state index < -0.39 is 5.97 Å². The van der Waals surface area contributed by atoms with E-state index in [1.54, 1.807) is 43.3 Å². The molecule has 0 bridgehead atoms. The molecule has 9 nitrogen and oxygen atoms in total. The Morgan fingerprint density at radius 1 is 0.889 bits per heavy atom. The minimum absolute atomic E-state index is 0.153. The molecule has 9 heteroatoms. The van der Waals surface area contributed by atoms with Crippen LogP contribution in [0.4, 0.5) is 0 Å². The second kappa shape index (κ2) is 9.18.